The number of amidine groups is 1. The van der Waals surface area contributed by atoms with E-state index in [-0.39, 0.29) is 11.0 Å². The Bertz CT molecular complexity index is 1660. The third kappa shape index (κ3) is 5.00. The van der Waals surface area contributed by atoms with Crippen LogP contribution in [0.2, 0.25) is 0 Å². The lowest BCUT2D eigenvalue weighted by Crippen LogP contribution is -2.10. The molecule has 0 unspecified atom stereocenters. The summed E-state index contributed by atoms with van der Waals surface area (Å²) in [5.41, 5.74) is 6.63. The second kappa shape index (κ2) is 10.2. The number of benzene rings is 4. The Kier molecular flexibility index (Phi) is 6.34. The van der Waals surface area contributed by atoms with Gasteiger partial charge < -0.3 is 10.4 Å². The maximum Gasteiger partial charge on any atom is 0.311 e. The number of phenols is 1. The minimum atomic E-state index is -0.272. The van der Waals surface area contributed by atoms with Crippen molar-refractivity contribution >= 4 is 34.6 Å². The summed E-state index contributed by atoms with van der Waals surface area (Å²) in [6.07, 6.45) is 1.93. The fourth-order valence-corrected chi connectivity index (χ4v) is 4.90. The van der Waals surface area contributed by atoms with Crippen molar-refractivity contribution in [2.45, 2.75) is 0 Å². The van der Waals surface area contributed by atoms with Gasteiger partial charge in [-0.2, -0.15) is 10.1 Å². The van der Waals surface area contributed by atoms with Gasteiger partial charge in [-0.05, 0) is 65.9 Å². The van der Waals surface area contributed by atoms with Crippen LogP contribution >= 0.6 is 11.8 Å². The first kappa shape index (κ1) is 23.5. The third-order valence-electron chi connectivity index (χ3n) is 6.05. The summed E-state index contributed by atoms with van der Waals surface area (Å²) in [5.74, 6) is 0.661. The van der Waals surface area contributed by atoms with E-state index >= 15 is 0 Å². The van der Waals surface area contributed by atoms with E-state index in [1.54, 1.807) is 24.3 Å². The zero-order valence-electron chi connectivity index (χ0n) is 20.2. The van der Waals surface area contributed by atoms with Gasteiger partial charge in [0, 0.05) is 16.8 Å². The van der Waals surface area contributed by atoms with Crippen molar-refractivity contribution in [2.24, 2.45) is 4.99 Å². The van der Waals surface area contributed by atoms with Crippen molar-refractivity contribution < 1.29 is 9.90 Å². The normalized spacial score (nSPS) is 14.1. The largest absolute Gasteiger partial charge is 0.508 e. The summed E-state index contributed by atoms with van der Waals surface area (Å²) in [6, 6.07) is 37.1. The molecule has 0 aliphatic carbocycles. The Labute approximate surface area is 224 Å². The van der Waals surface area contributed by atoms with E-state index in [1.807, 2.05) is 71.4 Å². The van der Waals surface area contributed by atoms with Crippen LogP contribution < -0.4 is 5.32 Å². The molecule has 0 spiro atoms. The number of nitrogens with one attached hydrogen (secondary N) is 1. The smallest absolute Gasteiger partial charge is 0.311 e. The van der Waals surface area contributed by atoms with Crippen LogP contribution in [0.4, 0.5) is 10.5 Å². The summed E-state index contributed by atoms with van der Waals surface area (Å²) in [6.45, 7) is 0. The molecule has 2 heterocycles. The number of carbonyl (C=O) groups is 1. The SMILES string of the molecule is O=C1N=C(Nc2ccc(O)cc2)/C(=C/c2ccc(-n3nc(-c4ccccc4)cc3-c3ccccc3)cc2)S1. The number of aromatic nitrogens is 2. The molecule has 7 heteroatoms. The average molecular weight is 515 g/mol. The summed E-state index contributed by atoms with van der Waals surface area (Å²) in [7, 11) is 0. The molecule has 0 saturated carbocycles. The van der Waals surface area contributed by atoms with Crippen molar-refractivity contribution in [1.29, 1.82) is 0 Å². The molecule has 0 radical (unpaired) electrons. The van der Waals surface area contributed by atoms with E-state index in [0.717, 1.165) is 56.1 Å². The van der Waals surface area contributed by atoms with E-state index in [9.17, 15) is 9.90 Å². The number of anilines is 1. The Morgan fingerprint density at radius 1 is 0.789 bits per heavy atom. The van der Waals surface area contributed by atoms with E-state index in [1.165, 1.54) is 0 Å². The molecule has 6 nitrogen and oxygen atoms in total. The number of hydrogen-bond acceptors (Lipinski definition) is 5. The Hall–Kier alpha value is -4.88. The van der Waals surface area contributed by atoms with Gasteiger partial charge >= 0.3 is 5.24 Å². The van der Waals surface area contributed by atoms with Crippen molar-refractivity contribution in [2.75, 3.05) is 5.32 Å². The van der Waals surface area contributed by atoms with Crippen LogP contribution in [0.5, 0.6) is 5.75 Å². The van der Waals surface area contributed by atoms with E-state index < -0.39 is 0 Å². The molecule has 0 fully saturated rings. The van der Waals surface area contributed by atoms with Gasteiger partial charge in [-0.25, -0.2) is 4.68 Å². The highest BCUT2D eigenvalue weighted by molar-refractivity contribution is 8.18. The highest BCUT2D eigenvalue weighted by Gasteiger charge is 2.22. The van der Waals surface area contributed by atoms with E-state index in [2.05, 4.69) is 40.6 Å². The standard InChI is InChI=1S/C31H22N4O2S/c36-26-17-13-24(14-18-26)32-30-29(38-31(37)33-30)19-21-11-15-25(16-12-21)35-28(23-9-5-2-6-10-23)20-27(34-35)22-7-3-1-4-8-22/h1-20,36H,(H,32,33,37)/b29-19-. The van der Waals surface area contributed by atoms with Crippen molar-refractivity contribution in [3.05, 3.63) is 126 Å². The highest BCUT2D eigenvalue weighted by atomic mass is 32.2. The molecule has 6 rings (SSSR count). The van der Waals surface area contributed by atoms with Gasteiger partial charge in [0.15, 0.2) is 0 Å². The van der Waals surface area contributed by atoms with Gasteiger partial charge in [-0.3, -0.25) is 4.79 Å². The number of amides is 1. The molecule has 0 saturated heterocycles. The Balaban J connectivity index is 1.31. The first-order valence-electron chi connectivity index (χ1n) is 12.0. The molecule has 1 aromatic heterocycles. The van der Waals surface area contributed by atoms with Crippen LogP contribution in [0.15, 0.2) is 125 Å². The zero-order chi connectivity index (χ0) is 25.9. The minimum Gasteiger partial charge on any atom is -0.508 e. The van der Waals surface area contributed by atoms with E-state index in [4.69, 9.17) is 5.10 Å². The summed E-state index contributed by atoms with van der Waals surface area (Å²) >= 11 is 1.08. The van der Waals surface area contributed by atoms with Crippen molar-refractivity contribution in [1.82, 2.24) is 9.78 Å². The molecule has 0 atom stereocenters. The summed E-state index contributed by atoms with van der Waals surface area (Å²) in [5, 5.41) is 17.4. The molecule has 5 aromatic rings. The molecular weight excluding hydrogens is 492 g/mol. The average Bonchev–Trinajstić information content (AvgIpc) is 3.55. The zero-order valence-corrected chi connectivity index (χ0v) is 21.0. The molecule has 4 aromatic carbocycles. The van der Waals surface area contributed by atoms with Gasteiger partial charge in [0.1, 0.15) is 11.6 Å². The van der Waals surface area contributed by atoms with Gasteiger partial charge in [-0.1, -0.05) is 72.8 Å². The number of hydrogen-bond donors (Lipinski definition) is 2. The molecular formula is C31H22N4O2S. The van der Waals surface area contributed by atoms with Gasteiger partial charge in [0.05, 0.1) is 22.0 Å². The molecule has 184 valence electrons. The first-order chi connectivity index (χ1) is 18.6. The fourth-order valence-electron chi connectivity index (χ4n) is 4.19. The third-order valence-corrected chi connectivity index (χ3v) is 6.84. The van der Waals surface area contributed by atoms with Crippen LogP contribution in [-0.4, -0.2) is 26.0 Å². The first-order valence-corrected chi connectivity index (χ1v) is 12.8. The van der Waals surface area contributed by atoms with Crippen LogP contribution in [0.1, 0.15) is 5.56 Å². The maximum absolute atomic E-state index is 12.1. The van der Waals surface area contributed by atoms with Crippen LogP contribution in [0, 0.1) is 0 Å². The molecule has 1 aliphatic heterocycles. The molecule has 2 N–H and O–H groups in total. The predicted octanol–water partition coefficient (Wildman–Crippen LogP) is 7.63. The van der Waals surface area contributed by atoms with Crippen LogP contribution in [-0.2, 0) is 0 Å². The molecule has 1 amide bonds. The molecule has 1 aliphatic rings. The van der Waals surface area contributed by atoms with Gasteiger partial charge in [-0.15, -0.1) is 0 Å². The van der Waals surface area contributed by atoms with Gasteiger partial charge in [0.2, 0.25) is 0 Å². The summed E-state index contributed by atoms with van der Waals surface area (Å²) in [4.78, 5) is 16.9. The second-order valence-corrected chi connectivity index (χ2v) is 9.65. The van der Waals surface area contributed by atoms with Crippen LogP contribution in [0.25, 0.3) is 34.3 Å². The highest BCUT2D eigenvalue weighted by Crippen LogP contribution is 2.32. The predicted molar refractivity (Wildman–Crippen MR) is 155 cm³/mol. The number of thioether (sulfide) groups is 1. The Morgan fingerprint density at radius 3 is 2.13 bits per heavy atom. The lowest BCUT2D eigenvalue weighted by Gasteiger charge is -2.09. The lowest BCUT2D eigenvalue weighted by molar-refractivity contribution is 0.268. The monoisotopic (exact) mass is 514 g/mol. The van der Waals surface area contributed by atoms with E-state index in [0.29, 0.717) is 5.84 Å². The lowest BCUT2D eigenvalue weighted by atomic mass is 10.1. The van der Waals surface area contributed by atoms with Crippen molar-refractivity contribution in [3.8, 4) is 34.0 Å². The van der Waals surface area contributed by atoms with Gasteiger partial charge in [0.25, 0.3) is 0 Å². The second-order valence-electron chi connectivity index (χ2n) is 8.66. The topological polar surface area (TPSA) is 79.5 Å². The molecule has 38 heavy (non-hydrogen) atoms. The number of aliphatic imine (C=N–C) groups is 1. The number of phenolic OH excluding ortho intramolecular Hbond substituents is 1. The quantitative estimate of drug-likeness (QED) is 0.236. The minimum absolute atomic E-state index is 0.175. The Morgan fingerprint density at radius 2 is 1.45 bits per heavy atom. The van der Waals surface area contributed by atoms with Crippen LogP contribution in [0.3, 0.4) is 0 Å². The molecule has 0 bridgehead atoms. The summed E-state index contributed by atoms with van der Waals surface area (Å²) < 4.78 is 1.96. The number of rotatable bonds is 5. The maximum atomic E-state index is 12.1. The van der Waals surface area contributed by atoms with Crippen molar-refractivity contribution in [3.63, 3.8) is 0 Å². The number of aromatic hydroxyl groups is 1. The number of nitrogens with zero attached hydrogens (tertiary/aromatic N) is 3. The number of carbonyl (C=O) groups excluding carboxylic acids is 1. The fraction of sp³-hybridized carbons (Fsp3) is 0.